The van der Waals surface area contributed by atoms with Crippen molar-refractivity contribution < 1.29 is 19.4 Å². The number of carboxylic acids is 1. The average molecular weight is 383 g/mol. The SMILES string of the molecule is O=C(O)CCN1CCOC(c2ccc(OCCCCc3ccccc3)cc2)C1. The molecule has 0 amide bonds. The lowest BCUT2D eigenvalue weighted by Gasteiger charge is -2.32. The molecular formula is C23H29NO4. The van der Waals surface area contributed by atoms with Crippen LogP contribution in [0.4, 0.5) is 0 Å². The van der Waals surface area contributed by atoms with E-state index in [9.17, 15) is 4.79 Å². The van der Waals surface area contributed by atoms with E-state index in [0.717, 1.165) is 50.3 Å². The lowest BCUT2D eigenvalue weighted by molar-refractivity contribution is -0.137. The van der Waals surface area contributed by atoms with E-state index in [1.54, 1.807) is 0 Å². The molecule has 0 aromatic heterocycles. The quantitative estimate of drug-likeness (QED) is 0.630. The molecule has 28 heavy (non-hydrogen) atoms. The van der Waals surface area contributed by atoms with Gasteiger partial charge in [0.25, 0.3) is 0 Å². The highest BCUT2D eigenvalue weighted by atomic mass is 16.5. The summed E-state index contributed by atoms with van der Waals surface area (Å²) >= 11 is 0. The number of ether oxygens (including phenoxy) is 2. The lowest BCUT2D eigenvalue weighted by Crippen LogP contribution is -2.39. The van der Waals surface area contributed by atoms with E-state index < -0.39 is 5.97 Å². The van der Waals surface area contributed by atoms with Gasteiger partial charge in [-0.3, -0.25) is 9.69 Å². The van der Waals surface area contributed by atoms with Crippen LogP contribution in [0.1, 0.15) is 36.5 Å². The molecular weight excluding hydrogens is 354 g/mol. The van der Waals surface area contributed by atoms with E-state index in [1.807, 2.05) is 30.3 Å². The Labute approximate surface area is 166 Å². The summed E-state index contributed by atoms with van der Waals surface area (Å²) in [5.74, 6) is 0.121. The number of carboxylic acid groups (broad SMARTS) is 1. The minimum atomic E-state index is -0.756. The van der Waals surface area contributed by atoms with Crippen molar-refractivity contribution in [2.45, 2.75) is 31.8 Å². The van der Waals surface area contributed by atoms with Gasteiger partial charge in [-0.15, -0.1) is 0 Å². The highest BCUT2D eigenvalue weighted by Gasteiger charge is 2.22. The lowest BCUT2D eigenvalue weighted by atomic mass is 10.1. The third-order valence-corrected chi connectivity index (χ3v) is 5.02. The smallest absolute Gasteiger partial charge is 0.304 e. The Morgan fingerprint density at radius 2 is 1.89 bits per heavy atom. The van der Waals surface area contributed by atoms with Gasteiger partial charge in [-0.2, -0.15) is 0 Å². The molecule has 1 N–H and O–H groups in total. The molecule has 3 rings (SSSR count). The van der Waals surface area contributed by atoms with Crippen LogP contribution in [0.3, 0.4) is 0 Å². The molecule has 1 unspecified atom stereocenters. The summed E-state index contributed by atoms with van der Waals surface area (Å²) in [6, 6.07) is 18.6. The summed E-state index contributed by atoms with van der Waals surface area (Å²) in [5, 5.41) is 8.85. The van der Waals surface area contributed by atoms with Crippen LogP contribution in [-0.4, -0.2) is 48.8 Å². The van der Waals surface area contributed by atoms with E-state index in [1.165, 1.54) is 5.56 Å². The second-order valence-corrected chi connectivity index (χ2v) is 7.16. The number of benzene rings is 2. The normalized spacial score (nSPS) is 17.4. The van der Waals surface area contributed by atoms with E-state index >= 15 is 0 Å². The number of morpholine rings is 1. The van der Waals surface area contributed by atoms with E-state index in [4.69, 9.17) is 14.6 Å². The molecule has 150 valence electrons. The van der Waals surface area contributed by atoms with Gasteiger partial charge in [-0.1, -0.05) is 42.5 Å². The molecule has 1 aliphatic heterocycles. The van der Waals surface area contributed by atoms with E-state index in [0.29, 0.717) is 13.2 Å². The zero-order chi connectivity index (χ0) is 19.6. The fourth-order valence-corrected chi connectivity index (χ4v) is 3.41. The van der Waals surface area contributed by atoms with Crippen molar-refractivity contribution in [3.8, 4) is 5.75 Å². The van der Waals surface area contributed by atoms with Crippen LogP contribution >= 0.6 is 0 Å². The summed E-state index contributed by atoms with van der Waals surface area (Å²) in [6.45, 7) is 3.43. The monoisotopic (exact) mass is 383 g/mol. The summed E-state index contributed by atoms with van der Waals surface area (Å²) in [5.41, 5.74) is 2.48. The maximum atomic E-state index is 10.8. The molecule has 5 heteroatoms. The maximum Gasteiger partial charge on any atom is 0.304 e. The second-order valence-electron chi connectivity index (χ2n) is 7.16. The third-order valence-electron chi connectivity index (χ3n) is 5.02. The Morgan fingerprint density at radius 3 is 2.64 bits per heavy atom. The average Bonchev–Trinajstić information content (AvgIpc) is 2.73. The molecule has 2 aromatic rings. The van der Waals surface area contributed by atoms with Crippen molar-refractivity contribution in [2.24, 2.45) is 0 Å². The Kier molecular flexibility index (Phi) is 7.88. The summed E-state index contributed by atoms with van der Waals surface area (Å²) in [6.07, 6.45) is 3.39. The number of rotatable bonds is 10. The van der Waals surface area contributed by atoms with Crippen molar-refractivity contribution in [3.63, 3.8) is 0 Å². The summed E-state index contributed by atoms with van der Waals surface area (Å²) in [4.78, 5) is 12.9. The van der Waals surface area contributed by atoms with Gasteiger partial charge in [0.15, 0.2) is 0 Å². The molecule has 0 aliphatic carbocycles. The van der Waals surface area contributed by atoms with Gasteiger partial charge in [0.2, 0.25) is 0 Å². The molecule has 1 atom stereocenters. The molecule has 0 radical (unpaired) electrons. The Hall–Kier alpha value is -2.37. The highest BCUT2D eigenvalue weighted by Crippen LogP contribution is 2.24. The Bertz CT molecular complexity index is 717. The first kappa shape index (κ1) is 20.4. The number of nitrogens with zero attached hydrogens (tertiary/aromatic N) is 1. The van der Waals surface area contributed by atoms with E-state index in [-0.39, 0.29) is 12.5 Å². The molecule has 0 saturated carbocycles. The number of aryl methyl sites for hydroxylation is 1. The Balaban J connectivity index is 1.38. The van der Waals surface area contributed by atoms with Crippen molar-refractivity contribution >= 4 is 5.97 Å². The van der Waals surface area contributed by atoms with Gasteiger partial charge >= 0.3 is 5.97 Å². The van der Waals surface area contributed by atoms with Gasteiger partial charge in [-0.05, 0) is 42.5 Å². The van der Waals surface area contributed by atoms with Crippen molar-refractivity contribution in [1.82, 2.24) is 4.90 Å². The van der Waals surface area contributed by atoms with Crippen LogP contribution in [0.5, 0.6) is 5.75 Å². The highest BCUT2D eigenvalue weighted by molar-refractivity contribution is 5.66. The van der Waals surface area contributed by atoms with Crippen LogP contribution in [0.25, 0.3) is 0 Å². The summed E-state index contributed by atoms with van der Waals surface area (Å²) in [7, 11) is 0. The zero-order valence-electron chi connectivity index (χ0n) is 16.3. The molecule has 2 aromatic carbocycles. The van der Waals surface area contributed by atoms with Gasteiger partial charge < -0.3 is 14.6 Å². The van der Waals surface area contributed by atoms with Crippen LogP contribution in [0, 0.1) is 0 Å². The van der Waals surface area contributed by atoms with Crippen molar-refractivity contribution in [2.75, 3.05) is 32.8 Å². The predicted octanol–water partition coefficient (Wildman–Crippen LogP) is 3.94. The van der Waals surface area contributed by atoms with Crippen LogP contribution in [-0.2, 0) is 16.0 Å². The topological polar surface area (TPSA) is 59.0 Å². The number of hydrogen-bond acceptors (Lipinski definition) is 4. The second kappa shape index (κ2) is 10.8. The van der Waals surface area contributed by atoms with Crippen molar-refractivity contribution in [3.05, 3.63) is 65.7 Å². The predicted molar refractivity (Wildman–Crippen MR) is 109 cm³/mol. The number of aliphatic carboxylic acids is 1. The largest absolute Gasteiger partial charge is 0.494 e. The fraction of sp³-hybridized carbons (Fsp3) is 0.435. The molecule has 1 saturated heterocycles. The Morgan fingerprint density at radius 1 is 1.11 bits per heavy atom. The number of carbonyl (C=O) groups is 1. The first-order valence-corrected chi connectivity index (χ1v) is 10.0. The standard InChI is InChI=1S/C23H29NO4/c25-23(26)13-14-24-15-17-28-22(18-24)20-9-11-21(12-10-20)27-16-5-4-8-19-6-2-1-3-7-19/h1-3,6-7,9-12,22H,4-5,8,13-18H2,(H,25,26). The van der Waals surface area contributed by atoms with Crippen LogP contribution in [0.2, 0.25) is 0 Å². The van der Waals surface area contributed by atoms with Crippen molar-refractivity contribution in [1.29, 1.82) is 0 Å². The first-order valence-electron chi connectivity index (χ1n) is 10.0. The third kappa shape index (κ3) is 6.66. The molecule has 1 heterocycles. The van der Waals surface area contributed by atoms with Gasteiger partial charge in [-0.25, -0.2) is 0 Å². The minimum Gasteiger partial charge on any atom is -0.494 e. The van der Waals surface area contributed by atoms with Crippen LogP contribution in [0.15, 0.2) is 54.6 Å². The minimum absolute atomic E-state index is 0.0116. The fourth-order valence-electron chi connectivity index (χ4n) is 3.41. The van der Waals surface area contributed by atoms with Gasteiger partial charge in [0.1, 0.15) is 5.75 Å². The van der Waals surface area contributed by atoms with E-state index in [2.05, 4.69) is 29.2 Å². The van der Waals surface area contributed by atoms with Gasteiger partial charge in [0, 0.05) is 19.6 Å². The molecule has 0 spiro atoms. The van der Waals surface area contributed by atoms with Crippen LogP contribution < -0.4 is 4.74 Å². The number of unbranched alkanes of at least 4 members (excludes halogenated alkanes) is 1. The first-order chi connectivity index (χ1) is 13.7. The molecule has 1 fully saturated rings. The molecule has 0 bridgehead atoms. The number of hydrogen-bond donors (Lipinski definition) is 1. The maximum absolute atomic E-state index is 10.8. The molecule has 5 nitrogen and oxygen atoms in total. The molecule has 1 aliphatic rings. The van der Waals surface area contributed by atoms with Gasteiger partial charge in [0.05, 0.1) is 25.7 Å². The summed E-state index contributed by atoms with van der Waals surface area (Å²) < 4.78 is 11.7. The zero-order valence-corrected chi connectivity index (χ0v) is 16.3.